The van der Waals surface area contributed by atoms with Crippen LogP contribution in [0.1, 0.15) is 6.92 Å². The monoisotopic (exact) mass is 180 g/mol. The van der Waals surface area contributed by atoms with Crippen molar-refractivity contribution >= 4 is 11.4 Å². The predicted molar refractivity (Wildman–Crippen MR) is 56.4 cm³/mol. The van der Waals surface area contributed by atoms with Gasteiger partial charge in [-0.3, -0.25) is 0 Å². The third kappa shape index (κ3) is 2.28. The summed E-state index contributed by atoms with van der Waals surface area (Å²) >= 11 is 0. The summed E-state index contributed by atoms with van der Waals surface area (Å²) in [4.78, 5) is 2.02. The maximum absolute atomic E-state index is 5.73. The largest absolute Gasteiger partial charge is 0.492 e. The summed E-state index contributed by atoms with van der Waals surface area (Å²) in [6.45, 7) is 2.59. The van der Waals surface area contributed by atoms with E-state index in [0.717, 1.165) is 11.4 Å². The van der Waals surface area contributed by atoms with Crippen LogP contribution in [0.5, 0.6) is 5.75 Å². The van der Waals surface area contributed by atoms with Crippen molar-refractivity contribution in [2.24, 2.45) is 0 Å². The van der Waals surface area contributed by atoms with Crippen molar-refractivity contribution < 1.29 is 4.74 Å². The van der Waals surface area contributed by atoms with Crippen LogP contribution < -0.4 is 15.4 Å². The van der Waals surface area contributed by atoms with E-state index in [9.17, 15) is 0 Å². The van der Waals surface area contributed by atoms with E-state index < -0.39 is 0 Å². The SMILES string of the molecule is CCOc1cc(N(C)C)ccc1N. The second kappa shape index (κ2) is 4.03. The van der Waals surface area contributed by atoms with Crippen molar-refractivity contribution in [2.75, 3.05) is 31.3 Å². The molecular weight excluding hydrogens is 164 g/mol. The van der Waals surface area contributed by atoms with Gasteiger partial charge < -0.3 is 15.4 Å². The third-order valence-corrected chi connectivity index (χ3v) is 1.81. The summed E-state index contributed by atoms with van der Waals surface area (Å²) in [5, 5.41) is 0. The zero-order valence-corrected chi connectivity index (χ0v) is 8.37. The molecule has 0 radical (unpaired) electrons. The van der Waals surface area contributed by atoms with E-state index in [4.69, 9.17) is 10.5 Å². The van der Waals surface area contributed by atoms with Crippen LogP contribution in [-0.4, -0.2) is 20.7 Å². The van der Waals surface area contributed by atoms with Crippen LogP contribution in [0.4, 0.5) is 11.4 Å². The molecule has 72 valence electrons. The molecule has 3 nitrogen and oxygen atoms in total. The molecule has 0 atom stereocenters. The summed E-state index contributed by atoms with van der Waals surface area (Å²) in [6.07, 6.45) is 0. The Labute approximate surface area is 79.1 Å². The summed E-state index contributed by atoms with van der Waals surface area (Å²) in [5.74, 6) is 0.758. The fraction of sp³-hybridized carbons (Fsp3) is 0.400. The molecule has 0 aliphatic rings. The van der Waals surface area contributed by atoms with Crippen LogP contribution in [-0.2, 0) is 0 Å². The molecule has 0 bridgehead atoms. The Balaban J connectivity index is 2.97. The van der Waals surface area contributed by atoms with Gasteiger partial charge in [-0.05, 0) is 19.1 Å². The lowest BCUT2D eigenvalue weighted by Crippen LogP contribution is -2.09. The molecule has 0 saturated heterocycles. The molecule has 0 amide bonds. The number of nitrogens with two attached hydrogens (primary N) is 1. The van der Waals surface area contributed by atoms with E-state index in [-0.39, 0.29) is 0 Å². The Morgan fingerprint density at radius 3 is 2.62 bits per heavy atom. The van der Waals surface area contributed by atoms with Gasteiger partial charge >= 0.3 is 0 Å². The van der Waals surface area contributed by atoms with Crippen molar-refractivity contribution in [3.63, 3.8) is 0 Å². The van der Waals surface area contributed by atoms with Gasteiger partial charge in [-0.1, -0.05) is 0 Å². The number of hydrogen-bond donors (Lipinski definition) is 1. The van der Waals surface area contributed by atoms with Crippen LogP contribution in [0.3, 0.4) is 0 Å². The Bertz CT molecular complexity index is 284. The van der Waals surface area contributed by atoms with Gasteiger partial charge in [-0.25, -0.2) is 0 Å². The molecule has 0 aliphatic carbocycles. The number of nitrogens with zero attached hydrogens (tertiary/aromatic N) is 1. The van der Waals surface area contributed by atoms with E-state index in [1.807, 2.05) is 44.1 Å². The minimum atomic E-state index is 0.640. The van der Waals surface area contributed by atoms with Gasteiger partial charge in [0.15, 0.2) is 0 Å². The van der Waals surface area contributed by atoms with Crippen molar-refractivity contribution in [2.45, 2.75) is 6.92 Å². The van der Waals surface area contributed by atoms with Gasteiger partial charge in [-0.15, -0.1) is 0 Å². The first kappa shape index (κ1) is 9.71. The molecule has 1 aromatic rings. The van der Waals surface area contributed by atoms with Crippen LogP contribution in [0.25, 0.3) is 0 Å². The van der Waals surface area contributed by atoms with Gasteiger partial charge in [0.1, 0.15) is 5.75 Å². The molecule has 13 heavy (non-hydrogen) atoms. The fourth-order valence-electron chi connectivity index (χ4n) is 1.08. The molecule has 0 spiro atoms. The van der Waals surface area contributed by atoms with Gasteiger partial charge in [0.25, 0.3) is 0 Å². The van der Waals surface area contributed by atoms with E-state index in [1.54, 1.807) is 0 Å². The van der Waals surface area contributed by atoms with E-state index in [0.29, 0.717) is 12.3 Å². The maximum Gasteiger partial charge on any atom is 0.144 e. The minimum absolute atomic E-state index is 0.640. The number of benzene rings is 1. The van der Waals surface area contributed by atoms with Gasteiger partial charge in [-0.2, -0.15) is 0 Å². The topological polar surface area (TPSA) is 38.5 Å². The Morgan fingerprint density at radius 2 is 2.08 bits per heavy atom. The summed E-state index contributed by atoms with van der Waals surface area (Å²) in [5.41, 5.74) is 7.51. The number of ether oxygens (including phenoxy) is 1. The van der Waals surface area contributed by atoms with E-state index in [1.165, 1.54) is 0 Å². The number of rotatable bonds is 3. The summed E-state index contributed by atoms with van der Waals surface area (Å²) in [7, 11) is 3.97. The molecule has 0 fully saturated rings. The lowest BCUT2D eigenvalue weighted by atomic mass is 10.2. The quantitative estimate of drug-likeness (QED) is 0.720. The normalized spacial score (nSPS) is 9.77. The molecule has 2 N–H and O–H groups in total. The minimum Gasteiger partial charge on any atom is -0.492 e. The Morgan fingerprint density at radius 1 is 1.38 bits per heavy atom. The second-order valence-corrected chi connectivity index (χ2v) is 3.05. The fourth-order valence-corrected chi connectivity index (χ4v) is 1.08. The van der Waals surface area contributed by atoms with Crippen molar-refractivity contribution in [1.29, 1.82) is 0 Å². The highest BCUT2D eigenvalue weighted by Gasteiger charge is 2.02. The molecule has 1 aromatic carbocycles. The highest BCUT2D eigenvalue weighted by Crippen LogP contribution is 2.26. The first-order valence-electron chi connectivity index (χ1n) is 4.34. The van der Waals surface area contributed by atoms with E-state index >= 15 is 0 Å². The molecule has 0 aliphatic heterocycles. The average Bonchev–Trinajstić information content (AvgIpc) is 2.08. The number of hydrogen-bond acceptors (Lipinski definition) is 3. The molecule has 0 aromatic heterocycles. The van der Waals surface area contributed by atoms with Crippen LogP contribution in [0, 0.1) is 0 Å². The van der Waals surface area contributed by atoms with Gasteiger partial charge in [0.2, 0.25) is 0 Å². The van der Waals surface area contributed by atoms with Crippen LogP contribution in [0.15, 0.2) is 18.2 Å². The van der Waals surface area contributed by atoms with Crippen molar-refractivity contribution in [1.82, 2.24) is 0 Å². The Kier molecular flexibility index (Phi) is 3.01. The van der Waals surface area contributed by atoms with E-state index in [2.05, 4.69) is 0 Å². The molecule has 3 heteroatoms. The highest BCUT2D eigenvalue weighted by molar-refractivity contribution is 5.61. The average molecular weight is 180 g/mol. The molecule has 0 heterocycles. The Hall–Kier alpha value is -1.38. The smallest absolute Gasteiger partial charge is 0.144 e. The molecule has 0 saturated carbocycles. The lowest BCUT2D eigenvalue weighted by Gasteiger charge is -2.15. The predicted octanol–water partition coefficient (Wildman–Crippen LogP) is 1.73. The van der Waals surface area contributed by atoms with Crippen molar-refractivity contribution in [3.05, 3.63) is 18.2 Å². The number of nitrogen functional groups attached to an aromatic ring is 1. The third-order valence-electron chi connectivity index (χ3n) is 1.81. The van der Waals surface area contributed by atoms with Crippen LogP contribution in [0.2, 0.25) is 0 Å². The zero-order valence-electron chi connectivity index (χ0n) is 8.37. The second-order valence-electron chi connectivity index (χ2n) is 3.05. The first-order chi connectivity index (χ1) is 6.15. The van der Waals surface area contributed by atoms with Crippen LogP contribution >= 0.6 is 0 Å². The lowest BCUT2D eigenvalue weighted by molar-refractivity contribution is 0.342. The zero-order chi connectivity index (χ0) is 9.84. The molecule has 0 unspecified atom stereocenters. The highest BCUT2D eigenvalue weighted by atomic mass is 16.5. The first-order valence-corrected chi connectivity index (χ1v) is 4.34. The van der Waals surface area contributed by atoms with Gasteiger partial charge in [0, 0.05) is 25.8 Å². The standard InChI is InChI=1S/C10H16N2O/c1-4-13-10-7-8(12(2)3)5-6-9(10)11/h5-7H,4,11H2,1-3H3. The number of anilines is 2. The maximum atomic E-state index is 5.73. The molecular formula is C10H16N2O. The summed E-state index contributed by atoms with van der Waals surface area (Å²) in [6, 6.07) is 5.77. The van der Waals surface area contributed by atoms with Gasteiger partial charge in [0.05, 0.1) is 12.3 Å². The molecule has 1 rings (SSSR count). The van der Waals surface area contributed by atoms with Crippen molar-refractivity contribution in [3.8, 4) is 5.75 Å². The summed E-state index contributed by atoms with van der Waals surface area (Å²) < 4.78 is 5.38.